The highest BCUT2D eigenvalue weighted by molar-refractivity contribution is 5.67. The maximum Gasteiger partial charge on any atom is 0.306 e. The lowest BCUT2D eigenvalue weighted by molar-refractivity contribution is -0.142. The fourth-order valence-corrected chi connectivity index (χ4v) is 1.48. The van der Waals surface area contributed by atoms with Gasteiger partial charge in [-0.3, -0.25) is 9.69 Å². The molecule has 1 aliphatic heterocycles. The first-order chi connectivity index (χ1) is 6.22. The van der Waals surface area contributed by atoms with E-state index >= 15 is 0 Å². The van der Waals surface area contributed by atoms with Crippen LogP contribution in [0.4, 0.5) is 0 Å². The molecule has 5 nitrogen and oxygen atoms in total. The molecule has 1 fully saturated rings. The Kier molecular flexibility index (Phi) is 4.14. The van der Waals surface area contributed by atoms with Crippen molar-refractivity contribution in [1.29, 1.82) is 0 Å². The maximum absolute atomic E-state index is 10.4. The molecule has 0 aliphatic carbocycles. The van der Waals surface area contributed by atoms with E-state index in [0.29, 0.717) is 19.7 Å². The summed E-state index contributed by atoms with van der Waals surface area (Å²) in [5, 5.41) is 8.56. The summed E-state index contributed by atoms with van der Waals surface area (Å²) in [4.78, 5) is 12.5. The number of nitrogens with zero attached hydrogens (tertiary/aromatic N) is 1. The van der Waals surface area contributed by atoms with Gasteiger partial charge in [0, 0.05) is 26.2 Å². The van der Waals surface area contributed by atoms with Gasteiger partial charge in [-0.15, -0.1) is 0 Å². The van der Waals surface area contributed by atoms with Crippen LogP contribution in [0, 0.1) is 0 Å². The van der Waals surface area contributed by atoms with Crippen molar-refractivity contribution in [3.05, 3.63) is 0 Å². The predicted molar refractivity (Wildman–Crippen MR) is 47.5 cm³/mol. The Balaban J connectivity index is 2.28. The largest absolute Gasteiger partial charge is 0.481 e. The van der Waals surface area contributed by atoms with E-state index in [1.807, 2.05) is 0 Å². The Morgan fingerprint density at radius 2 is 2.46 bits per heavy atom. The number of aliphatic carboxylic acids is 1. The fraction of sp³-hybridized carbons (Fsp3) is 0.875. The fourth-order valence-electron chi connectivity index (χ4n) is 1.48. The topological polar surface area (TPSA) is 75.8 Å². The predicted octanol–water partition coefficient (Wildman–Crippen LogP) is -0.879. The van der Waals surface area contributed by atoms with Gasteiger partial charge in [-0.1, -0.05) is 0 Å². The van der Waals surface area contributed by atoms with Crippen LogP contribution in [0.5, 0.6) is 0 Å². The van der Waals surface area contributed by atoms with Crippen LogP contribution in [0.1, 0.15) is 6.42 Å². The molecule has 76 valence electrons. The van der Waals surface area contributed by atoms with Gasteiger partial charge in [0.2, 0.25) is 0 Å². The SMILES string of the molecule is NCCN1CCOC(CC(=O)O)C1. The van der Waals surface area contributed by atoms with Crippen LogP contribution in [0.3, 0.4) is 0 Å². The van der Waals surface area contributed by atoms with Crippen molar-refractivity contribution in [2.24, 2.45) is 5.73 Å². The lowest BCUT2D eigenvalue weighted by atomic mass is 10.2. The van der Waals surface area contributed by atoms with Gasteiger partial charge in [0.1, 0.15) is 0 Å². The van der Waals surface area contributed by atoms with Crippen LogP contribution < -0.4 is 5.73 Å². The third-order valence-corrected chi connectivity index (χ3v) is 2.07. The molecular weight excluding hydrogens is 172 g/mol. The van der Waals surface area contributed by atoms with Gasteiger partial charge in [-0.2, -0.15) is 0 Å². The van der Waals surface area contributed by atoms with Crippen LogP contribution in [-0.2, 0) is 9.53 Å². The molecule has 3 N–H and O–H groups in total. The number of nitrogens with two attached hydrogens (primary N) is 1. The zero-order valence-corrected chi connectivity index (χ0v) is 7.61. The van der Waals surface area contributed by atoms with Crippen LogP contribution in [0.2, 0.25) is 0 Å². The third kappa shape index (κ3) is 3.71. The van der Waals surface area contributed by atoms with E-state index in [4.69, 9.17) is 15.6 Å². The van der Waals surface area contributed by atoms with Gasteiger partial charge in [0.15, 0.2) is 0 Å². The van der Waals surface area contributed by atoms with Crippen molar-refractivity contribution >= 4 is 5.97 Å². The molecule has 1 saturated heterocycles. The number of carboxylic acids is 1. The Morgan fingerprint density at radius 3 is 3.08 bits per heavy atom. The zero-order chi connectivity index (χ0) is 9.68. The van der Waals surface area contributed by atoms with Crippen LogP contribution >= 0.6 is 0 Å². The van der Waals surface area contributed by atoms with Crippen LogP contribution in [0.25, 0.3) is 0 Å². The average Bonchev–Trinajstić information content (AvgIpc) is 2.04. The number of morpholine rings is 1. The highest BCUT2D eigenvalue weighted by Crippen LogP contribution is 2.07. The first-order valence-electron chi connectivity index (χ1n) is 4.48. The molecular formula is C8H16N2O3. The lowest BCUT2D eigenvalue weighted by Crippen LogP contribution is -2.45. The minimum Gasteiger partial charge on any atom is -0.481 e. The molecule has 1 atom stereocenters. The molecule has 0 aromatic carbocycles. The third-order valence-electron chi connectivity index (χ3n) is 2.07. The monoisotopic (exact) mass is 188 g/mol. The van der Waals surface area contributed by atoms with Crippen molar-refractivity contribution in [2.45, 2.75) is 12.5 Å². The number of ether oxygens (including phenoxy) is 1. The Hall–Kier alpha value is -0.650. The number of rotatable bonds is 4. The van der Waals surface area contributed by atoms with E-state index in [9.17, 15) is 4.79 Å². The van der Waals surface area contributed by atoms with E-state index in [2.05, 4.69) is 4.90 Å². The second-order valence-corrected chi connectivity index (χ2v) is 3.18. The Bertz CT molecular complexity index is 173. The second kappa shape index (κ2) is 5.16. The highest BCUT2D eigenvalue weighted by atomic mass is 16.5. The first-order valence-corrected chi connectivity index (χ1v) is 4.48. The molecule has 0 radical (unpaired) electrons. The summed E-state index contributed by atoms with van der Waals surface area (Å²) in [6.07, 6.45) is -0.0843. The van der Waals surface area contributed by atoms with Crippen LogP contribution in [0.15, 0.2) is 0 Å². The molecule has 1 heterocycles. The van der Waals surface area contributed by atoms with E-state index in [1.54, 1.807) is 0 Å². The molecule has 0 saturated carbocycles. The van der Waals surface area contributed by atoms with Crippen molar-refractivity contribution in [3.8, 4) is 0 Å². The van der Waals surface area contributed by atoms with Gasteiger partial charge < -0.3 is 15.6 Å². The van der Waals surface area contributed by atoms with Gasteiger partial charge in [-0.05, 0) is 0 Å². The van der Waals surface area contributed by atoms with Crippen molar-refractivity contribution in [2.75, 3.05) is 32.8 Å². The van der Waals surface area contributed by atoms with Crippen molar-refractivity contribution in [3.63, 3.8) is 0 Å². The van der Waals surface area contributed by atoms with Crippen LogP contribution in [-0.4, -0.2) is 54.9 Å². The van der Waals surface area contributed by atoms with Crippen molar-refractivity contribution < 1.29 is 14.6 Å². The Labute approximate surface area is 77.5 Å². The summed E-state index contributed by atoms with van der Waals surface area (Å²) in [5.74, 6) is -0.806. The molecule has 0 bridgehead atoms. The number of carboxylic acid groups (broad SMARTS) is 1. The second-order valence-electron chi connectivity index (χ2n) is 3.18. The minimum absolute atomic E-state index is 0.0844. The summed E-state index contributed by atoms with van der Waals surface area (Å²) in [5.41, 5.74) is 5.41. The molecule has 0 aromatic rings. The molecule has 1 rings (SSSR count). The molecule has 0 amide bonds. The van der Waals surface area contributed by atoms with Gasteiger partial charge in [0.25, 0.3) is 0 Å². The quantitative estimate of drug-likeness (QED) is 0.599. The van der Waals surface area contributed by atoms with E-state index in [0.717, 1.165) is 13.1 Å². The molecule has 13 heavy (non-hydrogen) atoms. The van der Waals surface area contributed by atoms with Gasteiger partial charge >= 0.3 is 5.97 Å². The molecule has 0 spiro atoms. The maximum atomic E-state index is 10.4. The molecule has 0 aromatic heterocycles. The number of hydrogen-bond donors (Lipinski definition) is 2. The summed E-state index contributed by atoms with van der Waals surface area (Å²) < 4.78 is 5.30. The first kappa shape index (κ1) is 10.4. The zero-order valence-electron chi connectivity index (χ0n) is 7.61. The van der Waals surface area contributed by atoms with Gasteiger partial charge in [-0.25, -0.2) is 0 Å². The summed E-state index contributed by atoms with van der Waals surface area (Å²) in [6, 6.07) is 0. The standard InChI is InChI=1S/C8H16N2O3/c9-1-2-10-3-4-13-7(6-10)5-8(11)12/h7H,1-6,9H2,(H,11,12). The smallest absolute Gasteiger partial charge is 0.306 e. The molecule has 5 heteroatoms. The number of carbonyl (C=O) groups is 1. The summed E-state index contributed by atoms with van der Waals surface area (Å²) >= 11 is 0. The van der Waals surface area contributed by atoms with E-state index in [-0.39, 0.29) is 12.5 Å². The normalized spacial score (nSPS) is 24.5. The van der Waals surface area contributed by atoms with Gasteiger partial charge in [0.05, 0.1) is 19.1 Å². The lowest BCUT2D eigenvalue weighted by Gasteiger charge is -2.31. The minimum atomic E-state index is -0.806. The summed E-state index contributed by atoms with van der Waals surface area (Å²) in [6.45, 7) is 3.58. The summed E-state index contributed by atoms with van der Waals surface area (Å²) in [7, 11) is 0. The van der Waals surface area contributed by atoms with E-state index in [1.165, 1.54) is 0 Å². The molecule has 1 aliphatic rings. The molecule has 1 unspecified atom stereocenters. The highest BCUT2D eigenvalue weighted by Gasteiger charge is 2.21. The average molecular weight is 188 g/mol. The number of hydrogen-bond acceptors (Lipinski definition) is 4. The van der Waals surface area contributed by atoms with Crippen molar-refractivity contribution in [1.82, 2.24) is 4.90 Å². The Morgan fingerprint density at radius 1 is 1.69 bits per heavy atom. The van der Waals surface area contributed by atoms with E-state index < -0.39 is 5.97 Å².